The highest BCUT2D eigenvalue weighted by molar-refractivity contribution is 9.10. The molecule has 1 aromatic rings. The highest BCUT2D eigenvalue weighted by atomic mass is 79.9. The van der Waals surface area contributed by atoms with E-state index in [4.69, 9.17) is 4.74 Å². The summed E-state index contributed by atoms with van der Waals surface area (Å²) in [5.74, 6) is 0.198. The van der Waals surface area contributed by atoms with E-state index in [-0.39, 0.29) is 17.9 Å². The number of phenolic OH excluding ortho intramolecular Hbond substituents is 1. The Labute approximate surface area is 127 Å². The highest BCUT2D eigenvalue weighted by Crippen LogP contribution is 2.31. The van der Waals surface area contributed by atoms with Crippen molar-refractivity contribution in [1.82, 2.24) is 4.90 Å². The van der Waals surface area contributed by atoms with Gasteiger partial charge in [0.2, 0.25) is 0 Å². The van der Waals surface area contributed by atoms with Crippen molar-refractivity contribution in [1.29, 1.82) is 0 Å². The molecule has 1 aliphatic carbocycles. The van der Waals surface area contributed by atoms with Crippen LogP contribution in [0.15, 0.2) is 22.7 Å². The number of hydrogen-bond donors (Lipinski definition) is 1. The van der Waals surface area contributed by atoms with Gasteiger partial charge in [-0.05, 0) is 67.2 Å². The summed E-state index contributed by atoms with van der Waals surface area (Å²) in [6.45, 7) is 6.10. The van der Waals surface area contributed by atoms with Crippen LogP contribution < -0.4 is 0 Å². The van der Waals surface area contributed by atoms with Gasteiger partial charge in [-0.2, -0.15) is 0 Å². The van der Waals surface area contributed by atoms with Crippen LogP contribution >= 0.6 is 15.9 Å². The maximum absolute atomic E-state index is 12.2. The van der Waals surface area contributed by atoms with Crippen molar-refractivity contribution in [3.63, 3.8) is 0 Å². The van der Waals surface area contributed by atoms with Gasteiger partial charge in [-0.15, -0.1) is 0 Å². The molecule has 110 valence electrons. The molecule has 4 nitrogen and oxygen atoms in total. The lowest BCUT2D eigenvalue weighted by Gasteiger charge is -2.27. The molecule has 1 N–H and O–H groups in total. The average Bonchev–Trinajstić information content (AvgIpc) is 3.12. The maximum Gasteiger partial charge on any atom is 0.410 e. The Bertz CT molecular complexity index is 506. The van der Waals surface area contributed by atoms with E-state index >= 15 is 0 Å². The third-order valence-corrected chi connectivity index (χ3v) is 3.62. The van der Waals surface area contributed by atoms with E-state index in [1.807, 2.05) is 32.9 Å². The molecule has 2 rings (SSSR count). The summed E-state index contributed by atoms with van der Waals surface area (Å²) < 4.78 is 6.09. The molecular formula is C15H20BrNO3. The number of hydrogen-bond acceptors (Lipinski definition) is 3. The monoisotopic (exact) mass is 341 g/mol. The maximum atomic E-state index is 12.2. The van der Waals surface area contributed by atoms with Crippen LogP contribution in [0.5, 0.6) is 5.75 Å². The number of amides is 1. The predicted octanol–water partition coefficient (Wildman–Crippen LogP) is 4.05. The number of phenols is 1. The van der Waals surface area contributed by atoms with E-state index < -0.39 is 5.60 Å². The molecule has 0 atom stereocenters. The van der Waals surface area contributed by atoms with Gasteiger partial charge in [0.15, 0.2) is 0 Å². The molecular weight excluding hydrogens is 322 g/mol. The summed E-state index contributed by atoms with van der Waals surface area (Å²) in [6, 6.07) is 5.55. The van der Waals surface area contributed by atoms with Gasteiger partial charge in [0.25, 0.3) is 0 Å². The fourth-order valence-corrected chi connectivity index (χ4v) is 2.32. The number of benzene rings is 1. The number of rotatable bonds is 3. The van der Waals surface area contributed by atoms with Gasteiger partial charge >= 0.3 is 6.09 Å². The van der Waals surface area contributed by atoms with Crippen LogP contribution in [0.2, 0.25) is 0 Å². The Morgan fingerprint density at radius 3 is 2.60 bits per heavy atom. The summed E-state index contributed by atoms with van der Waals surface area (Å²) in [5, 5.41) is 9.51. The summed E-state index contributed by atoms with van der Waals surface area (Å²) >= 11 is 3.29. The molecule has 1 aromatic carbocycles. The molecule has 1 saturated carbocycles. The van der Waals surface area contributed by atoms with E-state index in [0.29, 0.717) is 11.0 Å². The first-order valence-electron chi connectivity index (χ1n) is 6.73. The molecule has 20 heavy (non-hydrogen) atoms. The second-order valence-corrected chi connectivity index (χ2v) is 6.98. The minimum Gasteiger partial charge on any atom is -0.507 e. The molecule has 0 bridgehead atoms. The molecule has 0 aromatic heterocycles. The molecule has 0 heterocycles. The molecule has 0 spiro atoms. The topological polar surface area (TPSA) is 49.8 Å². The lowest BCUT2D eigenvalue weighted by molar-refractivity contribution is 0.0216. The fourth-order valence-electron chi connectivity index (χ4n) is 1.89. The van der Waals surface area contributed by atoms with E-state index in [2.05, 4.69) is 15.9 Å². The molecule has 0 unspecified atom stereocenters. The second kappa shape index (κ2) is 5.64. The Hall–Kier alpha value is -1.23. The van der Waals surface area contributed by atoms with Crippen molar-refractivity contribution in [2.45, 2.75) is 51.8 Å². The molecule has 1 fully saturated rings. The third kappa shape index (κ3) is 4.13. The van der Waals surface area contributed by atoms with E-state index in [1.165, 1.54) is 0 Å². The Balaban J connectivity index is 2.09. The second-order valence-electron chi connectivity index (χ2n) is 6.13. The number of halogens is 1. The molecule has 1 amide bonds. The Morgan fingerprint density at radius 2 is 2.10 bits per heavy atom. The molecule has 0 saturated heterocycles. The van der Waals surface area contributed by atoms with E-state index in [0.717, 1.165) is 18.4 Å². The number of ether oxygens (including phenoxy) is 1. The largest absolute Gasteiger partial charge is 0.507 e. The Kier molecular flexibility index (Phi) is 4.28. The van der Waals surface area contributed by atoms with Gasteiger partial charge < -0.3 is 14.7 Å². The first-order valence-corrected chi connectivity index (χ1v) is 7.52. The SMILES string of the molecule is CC(C)(C)OC(=O)N(Cc1ccc(O)c(Br)c1)C1CC1. The summed E-state index contributed by atoms with van der Waals surface area (Å²) in [5.41, 5.74) is 0.479. The van der Waals surface area contributed by atoms with Gasteiger partial charge in [-0.3, -0.25) is 0 Å². The standard InChI is InChI=1S/C15H20BrNO3/c1-15(2,3)20-14(19)17(11-5-6-11)9-10-4-7-13(18)12(16)8-10/h4,7-8,11,18H,5-6,9H2,1-3H3. The minimum absolute atomic E-state index is 0.198. The number of carbonyl (C=O) groups is 1. The highest BCUT2D eigenvalue weighted by Gasteiger charge is 2.35. The number of carbonyl (C=O) groups excluding carboxylic acids is 1. The van der Waals surface area contributed by atoms with Crippen molar-refractivity contribution in [2.75, 3.05) is 0 Å². The van der Waals surface area contributed by atoms with Gasteiger partial charge in [0, 0.05) is 12.6 Å². The fraction of sp³-hybridized carbons (Fsp3) is 0.533. The number of nitrogens with zero attached hydrogens (tertiary/aromatic N) is 1. The lowest BCUT2D eigenvalue weighted by Crippen LogP contribution is -2.37. The van der Waals surface area contributed by atoms with Crippen LogP contribution in [0, 0.1) is 0 Å². The normalized spacial score (nSPS) is 15.0. The zero-order valence-electron chi connectivity index (χ0n) is 12.0. The van der Waals surface area contributed by atoms with Gasteiger partial charge in [-0.1, -0.05) is 6.07 Å². The smallest absolute Gasteiger partial charge is 0.410 e. The van der Waals surface area contributed by atoms with Gasteiger partial charge in [-0.25, -0.2) is 4.79 Å². The van der Waals surface area contributed by atoms with Gasteiger partial charge in [0.05, 0.1) is 4.47 Å². The summed E-state index contributed by atoms with van der Waals surface area (Å²) in [4.78, 5) is 14.0. The first-order chi connectivity index (χ1) is 9.26. The first kappa shape index (κ1) is 15.2. The van der Waals surface area contributed by atoms with Crippen molar-refractivity contribution < 1.29 is 14.6 Å². The van der Waals surface area contributed by atoms with Crippen LogP contribution in [0.1, 0.15) is 39.2 Å². The van der Waals surface area contributed by atoms with Crippen molar-refractivity contribution in [2.24, 2.45) is 0 Å². The van der Waals surface area contributed by atoms with E-state index in [9.17, 15) is 9.90 Å². The van der Waals surface area contributed by atoms with Crippen molar-refractivity contribution in [3.8, 4) is 5.75 Å². The van der Waals surface area contributed by atoms with Crippen LogP contribution in [-0.4, -0.2) is 27.7 Å². The summed E-state index contributed by atoms with van der Waals surface area (Å²) in [7, 11) is 0. The third-order valence-electron chi connectivity index (χ3n) is 2.98. The van der Waals surface area contributed by atoms with Crippen LogP contribution in [0.4, 0.5) is 4.79 Å². The van der Waals surface area contributed by atoms with Crippen molar-refractivity contribution in [3.05, 3.63) is 28.2 Å². The van der Waals surface area contributed by atoms with Crippen LogP contribution in [-0.2, 0) is 11.3 Å². The van der Waals surface area contributed by atoms with Crippen LogP contribution in [0.3, 0.4) is 0 Å². The zero-order chi connectivity index (χ0) is 14.9. The summed E-state index contributed by atoms with van der Waals surface area (Å²) in [6.07, 6.45) is 1.78. The van der Waals surface area contributed by atoms with E-state index in [1.54, 1.807) is 11.0 Å². The predicted molar refractivity (Wildman–Crippen MR) is 80.6 cm³/mol. The van der Waals surface area contributed by atoms with Crippen molar-refractivity contribution >= 4 is 22.0 Å². The molecule has 1 aliphatic rings. The zero-order valence-corrected chi connectivity index (χ0v) is 13.6. The molecule has 0 radical (unpaired) electrons. The molecule has 0 aliphatic heterocycles. The molecule has 5 heteroatoms. The van der Waals surface area contributed by atoms with Gasteiger partial charge in [0.1, 0.15) is 11.4 Å². The quantitative estimate of drug-likeness (QED) is 0.901. The Morgan fingerprint density at radius 1 is 1.45 bits per heavy atom. The minimum atomic E-state index is -0.486. The average molecular weight is 342 g/mol. The van der Waals surface area contributed by atoms with Crippen LogP contribution in [0.25, 0.3) is 0 Å². The number of aromatic hydroxyl groups is 1. The lowest BCUT2D eigenvalue weighted by atomic mass is 10.2.